The van der Waals surface area contributed by atoms with Gasteiger partial charge in [0.2, 0.25) is 5.91 Å². The third-order valence-corrected chi connectivity index (χ3v) is 3.67. The molecule has 0 saturated carbocycles. The van der Waals surface area contributed by atoms with Crippen LogP contribution in [0, 0.1) is 5.92 Å². The van der Waals surface area contributed by atoms with Crippen LogP contribution < -0.4 is 0 Å². The monoisotopic (exact) mass is 283 g/mol. The van der Waals surface area contributed by atoms with E-state index in [1.54, 1.807) is 26.1 Å². The van der Waals surface area contributed by atoms with E-state index in [2.05, 4.69) is 0 Å². The minimum Gasteiger partial charge on any atom is -0.481 e. The second-order valence-electron chi connectivity index (χ2n) is 4.41. The van der Waals surface area contributed by atoms with Crippen LogP contribution in [-0.4, -0.2) is 41.3 Å². The summed E-state index contributed by atoms with van der Waals surface area (Å²) in [6, 6.07) is 3.52. The average molecular weight is 283 g/mol. The highest BCUT2D eigenvalue weighted by molar-refractivity contribution is 7.12. The number of carbonyl (C=O) groups excluding carboxylic acids is 2. The molecule has 0 bridgehead atoms. The van der Waals surface area contributed by atoms with Crippen molar-refractivity contribution >= 4 is 29.0 Å². The maximum Gasteiger partial charge on any atom is 0.308 e. The van der Waals surface area contributed by atoms with Gasteiger partial charge < -0.3 is 10.0 Å². The van der Waals surface area contributed by atoms with Crippen LogP contribution >= 0.6 is 11.3 Å². The Kier molecular flexibility index (Phi) is 5.69. The number of carboxylic acid groups (broad SMARTS) is 1. The van der Waals surface area contributed by atoms with Crippen LogP contribution in [0.5, 0.6) is 0 Å². The van der Waals surface area contributed by atoms with Crippen molar-refractivity contribution in [1.82, 2.24) is 4.90 Å². The number of nitrogens with zero attached hydrogens (tertiary/aromatic N) is 1. The molecule has 5 nitrogen and oxygen atoms in total. The average Bonchev–Trinajstić information content (AvgIpc) is 2.88. The number of amides is 1. The number of hydrogen-bond acceptors (Lipinski definition) is 4. The molecule has 1 atom stereocenters. The number of thiophene rings is 1. The van der Waals surface area contributed by atoms with E-state index in [1.165, 1.54) is 16.2 Å². The summed E-state index contributed by atoms with van der Waals surface area (Å²) < 4.78 is 0. The van der Waals surface area contributed by atoms with E-state index in [0.29, 0.717) is 4.88 Å². The normalized spacial score (nSPS) is 11.9. The zero-order valence-corrected chi connectivity index (χ0v) is 11.8. The van der Waals surface area contributed by atoms with Gasteiger partial charge in [0.25, 0.3) is 0 Å². The lowest BCUT2D eigenvalue weighted by atomic mass is 10.1. The number of Topliss-reactive ketones (excluding diaryl/α,β-unsaturated/α-hetero) is 1. The van der Waals surface area contributed by atoms with Gasteiger partial charge in [0.15, 0.2) is 5.78 Å². The van der Waals surface area contributed by atoms with Gasteiger partial charge in [-0.15, -0.1) is 11.3 Å². The van der Waals surface area contributed by atoms with Crippen LogP contribution in [0.15, 0.2) is 17.5 Å². The van der Waals surface area contributed by atoms with Crippen molar-refractivity contribution in [2.24, 2.45) is 5.92 Å². The van der Waals surface area contributed by atoms with Crippen LogP contribution in [0.25, 0.3) is 0 Å². The molecule has 1 unspecified atom stereocenters. The van der Waals surface area contributed by atoms with E-state index in [9.17, 15) is 14.4 Å². The molecule has 19 heavy (non-hydrogen) atoms. The fourth-order valence-electron chi connectivity index (χ4n) is 1.56. The predicted octanol–water partition coefficient (Wildman–Crippen LogP) is 1.89. The lowest BCUT2D eigenvalue weighted by Gasteiger charge is -2.19. The summed E-state index contributed by atoms with van der Waals surface area (Å²) in [5, 5.41) is 10.6. The molecular formula is C13H17NO4S. The number of aliphatic carboxylic acids is 1. The molecule has 0 spiro atoms. The second-order valence-corrected chi connectivity index (χ2v) is 5.36. The lowest BCUT2D eigenvalue weighted by Crippen LogP contribution is -2.33. The van der Waals surface area contributed by atoms with Gasteiger partial charge in [-0.25, -0.2) is 0 Å². The molecule has 6 heteroatoms. The molecule has 1 rings (SSSR count). The Bertz CT molecular complexity index is 455. The Balaban J connectivity index is 2.38. The highest BCUT2D eigenvalue weighted by atomic mass is 32.1. The van der Waals surface area contributed by atoms with E-state index in [0.717, 1.165) is 0 Å². The van der Waals surface area contributed by atoms with Crippen LogP contribution in [0.1, 0.15) is 29.4 Å². The van der Waals surface area contributed by atoms with Crippen LogP contribution in [0.4, 0.5) is 0 Å². The van der Waals surface area contributed by atoms with Crippen LogP contribution in [-0.2, 0) is 9.59 Å². The molecule has 1 N–H and O–H groups in total. The summed E-state index contributed by atoms with van der Waals surface area (Å²) in [7, 11) is 1.55. The standard InChI is InChI=1S/C13H17NO4S/c1-9(13(17)18)8-14(2)12(16)6-5-10(15)11-4-3-7-19-11/h3-4,7,9H,5-6,8H2,1-2H3,(H,17,18). The van der Waals surface area contributed by atoms with Crippen molar-refractivity contribution in [1.29, 1.82) is 0 Å². The SMILES string of the molecule is CC(CN(C)C(=O)CCC(=O)c1cccs1)C(=O)O. The van der Waals surface area contributed by atoms with E-state index < -0.39 is 11.9 Å². The highest BCUT2D eigenvalue weighted by Gasteiger charge is 2.18. The zero-order valence-electron chi connectivity index (χ0n) is 11.0. The zero-order chi connectivity index (χ0) is 14.4. The quantitative estimate of drug-likeness (QED) is 0.775. The van der Waals surface area contributed by atoms with Crippen LogP contribution in [0.2, 0.25) is 0 Å². The molecule has 104 valence electrons. The first-order valence-corrected chi connectivity index (χ1v) is 6.83. The summed E-state index contributed by atoms with van der Waals surface area (Å²) in [5.74, 6) is -1.81. The predicted molar refractivity (Wildman–Crippen MR) is 72.3 cm³/mol. The van der Waals surface area contributed by atoms with Gasteiger partial charge in [-0.1, -0.05) is 13.0 Å². The first-order chi connectivity index (χ1) is 8.91. The van der Waals surface area contributed by atoms with Crippen LogP contribution in [0.3, 0.4) is 0 Å². The molecule has 1 aromatic rings. The third kappa shape index (κ3) is 4.82. The fourth-order valence-corrected chi connectivity index (χ4v) is 2.26. The van der Waals surface area contributed by atoms with E-state index in [4.69, 9.17) is 5.11 Å². The molecule has 0 radical (unpaired) electrons. The van der Waals surface area contributed by atoms with Crippen molar-refractivity contribution in [3.05, 3.63) is 22.4 Å². The minimum atomic E-state index is -0.936. The number of rotatable bonds is 7. The lowest BCUT2D eigenvalue weighted by molar-refractivity contribution is -0.142. The van der Waals surface area contributed by atoms with Gasteiger partial charge in [-0.05, 0) is 11.4 Å². The molecule has 1 amide bonds. The Hall–Kier alpha value is -1.69. The summed E-state index contributed by atoms with van der Waals surface area (Å²) in [6.07, 6.45) is 0.269. The van der Waals surface area contributed by atoms with Crippen molar-refractivity contribution in [2.45, 2.75) is 19.8 Å². The van der Waals surface area contributed by atoms with Crippen molar-refractivity contribution < 1.29 is 19.5 Å². The number of ketones is 1. The topological polar surface area (TPSA) is 74.7 Å². The largest absolute Gasteiger partial charge is 0.481 e. The smallest absolute Gasteiger partial charge is 0.308 e. The summed E-state index contributed by atoms with van der Waals surface area (Å²) in [6.45, 7) is 1.70. The maximum absolute atomic E-state index is 11.8. The van der Waals surface area contributed by atoms with Crippen molar-refractivity contribution in [3.8, 4) is 0 Å². The van der Waals surface area contributed by atoms with Gasteiger partial charge >= 0.3 is 5.97 Å². The summed E-state index contributed by atoms with van der Waals surface area (Å²) in [4.78, 5) is 36.2. The first kappa shape index (κ1) is 15.4. The molecular weight excluding hydrogens is 266 g/mol. The number of carboxylic acids is 1. The number of hydrogen-bond donors (Lipinski definition) is 1. The summed E-state index contributed by atoms with van der Waals surface area (Å²) in [5.41, 5.74) is 0. The van der Waals surface area contributed by atoms with Gasteiger partial charge in [0.05, 0.1) is 10.8 Å². The molecule has 0 aliphatic heterocycles. The van der Waals surface area contributed by atoms with E-state index >= 15 is 0 Å². The molecule has 1 aromatic heterocycles. The van der Waals surface area contributed by atoms with Gasteiger partial charge in [-0.3, -0.25) is 14.4 Å². The molecule has 0 saturated heterocycles. The van der Waals surface area contributed by atoms with E-state index in [1.807, 2.05) is 5.38 Å². The molecule has 0 aliphatic carbocycles. The van der Waals surface area contributed by atoms with Gasteiger partial charge in [0.1, 0.15) is 0 Å². The van der Waals surface area contributed by atoms with E-state index in [-0.39, 0.29) is 31.1 Å². The maximum atomic E-state index is 11.8. The number of carbonyl (C=O) groups is 3. The van der Waals surface area contributed by atoms with Crippen molar-refractivity contribution in [3.63, 3.8) is 0 Å². The fraction of sp³-hybridized carbons (Fsp3) is 0.462. The highest BCUT2D eigenvalue weighted by Crippen LogP contribution is 2.13. The van der Waals surface area contributed by atoms with Gasteiger partial charge in [0, 0.05) is 26.4 Å². The minimum absolute atomic E-state index is 0.0527. The summed E-state index contributed by atoms with van der Waals surface area (Å²) >= 11 is 1.35. The molecule has 1 heterocycles. The molecule has 0 aliphatic rings. The Morgan fingerprint density at radius 1 is 1.37 bits per heavy atom. The Labute approximate surface area is 115 Å². The second kappa shape index (κ2) is 7.04. The molecule has 0 aromatic carbocycles. The Morgan fingerprint density at radius 2 is 2.05 bits per heavy atom. The van der Waals surface area contributed by atoms with Gasteiger partial charge in [-0.2, -0.15) is 0 Å². The van der Waals surface area contributed by atoms with Crippen molar-refractivity contribution in [2.75, 3.05) is 13.6 Å². The third-order valence-electron chi connectivity index (χ3n) is 2.76. The first-order valence-electron chi connectivity index (χ1n) is 5.95. The molecule has 0 fully saturated rings. The Morgan fingerprint density at radius 3 is 2.58 bits per heavy atom.